The first-order valence-electron chi connectivity index (χ1n) is 9.40. The number of carbonyl (C=O) groups is 2. The van der Waals surface area contributed by atoms with E-state index < -0.39 is 6.55 Å². The van der Waals surface area contributed by atoms with E-state index in [1.807, 2.05) is 0 Å². The van der Waals surface area contributed by atoms with Crippen molar-refractivity contribution in [3.05, 3.63) is 78.4 Å². The van der Waals surface area contributed by atoms with Crippen LogP contribution in [0.4, 0.5) is 14.5 Å². The summed E-state index contributed by atoms with van der Waals surface area (Å²) >= 11 is 0. The minimum absolute atomic E-state index is 0.101. The van der Waals surface area contributed by atoms with Crippen molar-refractivity contribution < 1.29 is 23.1 Å². The second-order valence-electron chi connectivity index (χ2n) is 6.61. The highest BCUT2D eigenvalue weighted by Gasteiger charge is 2.18. The number of nitrogens with zero attached hydrogens (tertiary/aromatic N) is 2. The zero-order valence-corrected chi connectivity index (χ0v) is 16.2. The van der Waals surface area contributed by atoms with E-state index in [0.29, 0.717) is 39.9 Å². The van der Waals surface area contributed by atoms with E-state index in [1.54, 1.807) is 66.7 Å². The summed E-state index contributed by atoms with van der Waals surface area (Å²) in [5.41, 5.74) is 2.17. The average Bonchev–Trinajstić information content (AvgIpc) is 3.18. The third-order valence-corrected chi connectivity index (χ3v) is 4.61. The molecule has 8 heteroatoms. The van der Waals surface area contributed by atoms with E-state index in [1.165, 1.54) is 6.07 Å². The van der Waals surface area contributed by atoms with Crippen molar-refractivity contribution in [3.8, 4) is 17.1 Å². The lowest BCUT2D eigenvalue weighted by atomic mass is 10.1. The Bertz CT molecular complexity index is 1240. The lowest BCUT2D eigenvalue weighted by Gasteiger charge is -2.10. The molecule has 4 rings (SSSR count). The van der Waals surface area contributed by atoms with Crippen molar-refractivity contribution in [3.63, 3.8) is 0 Å². The number of imidazole rings is 1. The number of carbonyl (C=O) groups excluding carboxylic acids is 2. The number of amides is 1. The fraction of sp³-hybridized carbons (Fsp3) is 0.0870. The van der Waals surface area contributed by atoms with Gasteiger partial charge in [-0.25, -0.2) is 4.98 Å². The van der Waals surface area contributed by atoms with Gasteiger partial charge in [-0.3, -0.25) is 14.2 Å². The summed E-state index contributed by atoms with van der Waals surface area (Å²) in [6.07, 6.45) is 0.622. The minimum Gasteiger partial charge on any atom is -0.486 e. The molecule has 1 heterocycles. The zero-order valence-electron chi connectivity index (χ0n) is 16.2. The number of ether oxygens (including phenoxy) is 1. The predicted molar refractivity (Wildman–Crippen MR) is 112 cm³/mol. The first-order chi connectivity index (χ1) is 15.1. The Labute approximate surface area is 176 Å². The average molecular weight is 421 g/mol. The number of hydrogen-bond donors (Lipinski definition) is 1. The summed E-state index contributed by atoms with van der Waals surface area (Å²) in [7, 11) is 0. The molecule has 1 N–H and O–H groups in total. The maximum Gasteiger partial charge on any atom is 0.320 e. The fourth-order valence-corrected chi connectivity index (χ4v) is 3.21. The van der Waals surface area contributed by atoms with Crippen LogP contribution in [0.15, 0.2) is 72.8 Å². The summed E-state index contributed by atoms with van der Waals surface area (Å²) in [4.78, 5) is 27.3. The summed E-state index contributed by atoms with van der Waals surface area (Å²) < 4.78 is 33.4. The number of benzene rings is 3. The molecule has 31 heavy (non-hydrogen) atoms. The molecule has 4 aromatic rings. The van der Waals surface area contributed by atoms with Crippen LogP contribution in [0, 0.1) is 0 Å². The standard InChI is InChI=1S/C23H17F2N3O3/c24-23(25)28-20-7-2-1-6-19(20)27-21(28)15-8-10-17(11-9-15)26-22(30)16-4-3-5-18(14-16)31-13-12-29/h1-12,14,23H,13H2,(H,26,30). The first-order valence-corrected chi connectivity index (χ1v) is 9.40. The van der Waals surface area contributed by atoms with Crippen LogP contribution in [-0.2, 0) is 4.79 Å². The van der Waals surface area contributed by atoms with Crippen molar-refractivity contribution in [2.45, 2.75) is 6.55 Å². The number of aldehydes is 1. The molecule has 0 aliphatic carbocycles. The van der Waals surface area contributed by atoms with E-state index >= 15 is 0 Å². The smallest absolute Gasteiger partial charge is 0.320 e. The molecule has 1 aromatic heterocycles. The number of para-hydroxylation sites is 2. The third kappa shape index (κ3) is 4.28. The summed E-state index contributed by atoms with van der Waals surface area (Å²) in [5.74, 6) is 0.180. The van der Waals surface area contributed by atoms with Gasteiger partial charge < -0.3 is 10.1 Å². The van der Waals surface area contributed by atoms with Crippen molar-refractivity contribution in [2.24, 2.45) is 0 Å². The molecule has 0 saturated heterocycles. The molecule has 0 spiro atoms. The number of hydrogen-bond acceptors (Lipinski definition) is 4. The van der Waals surface area contributed by atoms with E-state index in [2.05, 4.69) is 10.3 Å². The van der Waals surface area contributed by atoms with Gasteiger partial charge in [-0.05, 0) is 54.6 Å². The molecular formula is C23H17F2N3O3. The van der Waals surface area contributed by atoms with Crippen LogP contribution in [0.1, 0.15) is 16.9 Å². The monoisotopic (exact) mass is 421 g/mol. The van der Waals surface area contributed by atoms with Crippen molar-refractivity contribution in [2.75, 3.05) is 11.9 Å². The third-order valence-electron chi connectivity index (χ3n) is 4.61. The Morgan fingerprint density at radius 2 is 1.84 bits per heavy atom. The molecule has 0 unspecified atom stereocenters. The number of nitrogens with one attached hydrogen (secondary N) is 1. The normalized spacial score (nSPS) is 10.9. The molecule has 0 atom stereocenters. The van der Waals surface area contributed by atoms with Gasteiger partial charge in [0.15, 0.2) is 6.29 Å². The van der Waals surface area contributed by atoms with Crippen LogP contribution in [-0.4, -0.2) is 28.4 Å². The van der Waals surface area contributed by atoms with Crippen LogP contribution in [0.2, 0.25) is 0 Å². The first kappa shape index (κ1) is 20.2. The molecule has 1 amide bonds. The van der Waals surface area contributed by atoms with Crippen LogP contribution >= 0.6 is 0 Å². The largest absolute Gasteiger partial charge is 0.486 e. The Kier molecular flexibility index (Phi) is 5.70. The van der Waals surface area contributed by atoms with Gasteiger partial charge in [0.25, 0.3) is 5.91 Å². The van der Waals surface area contributed by atoms with Gasteiger partial charge in [0.05, 0.1) is 11.0 Å². The van der Waals surface area contributed by atoms with Gasteiger partial charge in [-0.1, -0.05) is 18.2 Å². The van der Waals surface area contributed by atoms with Gasteiger partial charge in [0.1, 0.15) is 18.2 Å². The molecule has 0 aliphatic rings. The molecule has 6 nitrogen and oxygen atoms in total. The lowest BCUT2D eigenvalue weighted by molar-refractivity contribution is -0.109. The highest BCUT2D eigenvalue weighted by molar-refractivity contribution is 6.04. The van der Waals surface area contributed by atoms with E-state index in [9.17, 15) is 18.4 Å². The maximum atomic E-state index is 13.7. The van der Waals surface area contributed by atoms with Gasteiger partial charge >= 0.3 is 6.55 Å². The Balaban J connectivity index is 1.56. The highest BCUT2D eigenvalue weighted by Crippen LogP contribution is 2.30. The highest BCUT2D eigenvalue weighted by atomic mass is 19.3. The molecule has 0 saturated carbocycles. The number of anilines is 1. The maximum absolute atomic E-state index is 13.7. The van der Waals surface area contributed by atoms with E-state index in [0.717, 1.165) is 4.57 Å². The number of alkyl halides is 2. The van der Waals surface area contributed by atoms with E-state index in [-0.39, 0.29) is 18.3 Å². The molecule has 0 radical (unpaired) electrons. The zero-order chi connectivity index (χ0) is 21.8. The Morgan fingerprint density at radius 1 is 1.06 bits per heavy atom. The van der Waals surface area contributed by atoms with Crippen molar-refractivity contribution >= 4 is 28.9 Å². The summed E-state index contributed by atoms with van der Waals surface area (Å²) in [6.45, 7) is -2.84. The van der Waals surface area contributed by atoms with Gasteiger partial charge in [0.2, 0.25) is 0 Å². The second kappa shape index (κ2) is 8.74. The lowest BCUT2D eigenvalue weighted by Crippen LogP contribution is -2.12. The second-order valence-corrected chi connectivity index (χ2v) is 6.61. The van der Waals surface area contributed by atoms with Gasteiger partial charge in [-0.15, -0.1) is 0 Å². The Hall–Kier alpha value is -4.07. The number of rotatable bonds is 7. The SMILES string of the molecule is O=CCOc1cccc(C(=O)Nc2ccc(-c3nc4ccccc4n3C(F)F)cc2)c1. The van der Waals surface area contributed by atoms with Crippen LogP contribution in [0.3, 0.4) is 0 Å². The minimum atomic E-state index is -2.74. The van der Waals surface area contributed by atoms with E-state index in [4.69, 9.17) is 4.74 Å². The fourth-order valence-electron chi connectivity index (χ4n) is 3.21. The Morgan fingerprint density at radius 3 is 2.58 bits per heavy atom. The summed E-state index contributed by atoms with van der Waals surface area (Å²) in [5, 5.41) is 2.74. The van der Waals surface area contributed by atoms with Gasteiger partial charge in [-0.2, -0.15) is 8.78 Å². The van der Waals surface area contributed by atoms with Crippen LogP contribution in [0.25, 0.3) is 22.4 Å². The molecule has 0 aliphatic heterocycles. The van der Waals surface area contributed by atoms with Crippen LogP contribution in [0.5, 0.6) is 5.75 Å². The van der Waals surface area contributed by atoms with Gasteiger partial charge in [0, 0.05) is 16.8 Å². The number of halogens is 2. The number of fused-ring (bicyclic) bond motifs is 1. The molecule has 156 valence electrons. The van der Waals surface area contributed by atoms with Crippen LogP contribution < -0.4 is 10.1 Å². The molecule has 3 aromatic carbocycles. The van der Waals surface area contributed by atoms with Crippen molar-refractivity contribution in [1.29, 1.82) is 0 Å². The molecule has 0 fully saturated rings. The molecule has 0 bridgehead atoms. The predicted octanol–water partition coefficient (Wildman–Crippen LogP) is 4.93. The quantitative estimate of drug-likeness (QED) is 0.430. The topological polar surface area (TPSA) is 73.2 Å². The number of aromatic nitrogens is 2. The summed E-state index contributed by atoms with van der Waals surface area (Å²) in [6, 6.07) is 19.6. The molecular weight excluding hydrogens is 404 g/mol. The van der Waals surface area contributed by atoms with Crippen molar-refractivity contribution in [1.82, 2.24) is 9.55 Å².